The molecule has 0 bridgehead atoms. The maximum Gasteiger partial charge on any atom is 0.262 e. The lowest BCUT2D eigenvalue weighted by Gasteiger charge is -2.14. The van der Waals surface area contributed by atoms with Gasteiger partial charge in [0.1, 0.15) is 11.6 Å². The minimum absolute atomic E-state index is 0.0344. The van der Waals surface area contributed by atoms with Gasteiger partial charge in [0.2, 0.25) is 10.0 Å². The second-order valence-electron chi connectivity index (χ2n) is 6.66. The predicted octanol–water partition coefficient (Wildman–Crippen LogP) is 4.37. The summed E-state index contributed by atoms with van der Waals surface area (Å²) >= 11 is 11.8. The average Bonchev–Trinajstić information content (AvgIpc) is 3.16. The fourth-order valence-electron chi connectivity index (χ4n) is 3.01. The summed E-state index contributed by atoms with van der Waals surface area (Å²) in [6, 6.07) is 7.77. The van der Waals surface area contributed by atoms with Gasteiger partial charge in [-0.1, -0.05) is 36.0 Å². The number of ether oxygens (including phenoxy) is 1. The van der Waals surface area contributed by atoms with Gasteiger partial charge in [-0.25, -0.2) is 17.5 Å². The van der Waals surface area contributed by atoms with Gasteiger partial charge >= 0.3 is 0 Å². The third-order valence-electron chi connectivity index (χ3n) is 4.45. The second-order valence-corrected chi connectivity index (χ2v) is 9.19. The second kappa shape index (κ2) is 9.30. The van der Waals surface area contributed by atoms with Gasteiger partial charge < -0.3 is 10.1 Å². The Kier molecular flexibility index (Phi) is 7.00. The zero-order chi connectivity index (χ0) is 21.0. The van der Waals surface area contributed by atoms with Crippen molar-refractivity contribution >= 4 is 44.8 Å². The van der Waals surface area contributed by atoms with E-state index in [2.05, 4.69) is 10.0 Å². The molecule has 0 unspecified atom stereocenters. The first-order valence-electron chi connectivity index (χ1n) is 8.94. The number of nitrogens with one attached hydrogen (secondary N) is 2. The Hall–Kier alpha value is -1.87. The number of sulfonamides is 1. The van der Waals surface area contributed by atoms with Crippen LogP contribution in [0, 0.1) is 5.82 Å². The van der Waals surface area contributed by atoms with Crippen molar-refractivity contribution in [3.05, 3.63) is 52.3 Å². The molecule has 1 aliphatic rings. The maximum absolute atomic E-state index is 13.1. The number of hydrogen-bond donors (Lipinski definition) is 2. The van der Waals surface area contributed by atoms with Crippen LogP contribution < -0.4 is 14.8 Å². The minimum atomic E-state index is -3.67. The molecule has 2 N–H and O–H groups in total. The molecule has 1 amide bonds. The summed E-state index contributed by atoms with van der Waals surface area (Å²) in [5.74, 6) is -0.938. The lowest BCUT2D eigenvalue weighted by atomic mass is 10.3. The number of rotatable bonds is 7. The highest BCUT2D eigenvalue weighted by atomic mass is 35.5. The number of carbonyl (C=O) groups is 1. The Balaban J connectivity index is 1.59. The lowest BCUT2D eigenvalue weighted by molar-refractivity contribution is -0.118. The summed E-state index contributed by atoms with van der Waals surface area (Å²) in [4.78, 5) is 12.0. The van der Waals surface area contributed by atoms with Crippen LogP contribution in [0.25, 0.3) is 0 Å². The van der Waals surface area contributed by atoms with Crippen molar-refractivity contribution in [3.63, 3.8) is 0 Å². The highest BCUT2D eigenvalue weighted by Gasteiger charge is 2.23. The molecular formula is C19H19Cl2FN2O4S. The Morgan fingerprint density at radius 2 is 1.83 bits per heavy atom. The lowest BCUT2D eigenvalue weighted by Crippen LogP contribution is -2.32. The van der Waals surface area contributed by atoms with Crippen LogP contribution in [0.5, 0.6) is 5.75 Å². The van der Waals surface area contributed by atoms with Crippen molar-refractivity contribution in [2.75, 3.05) is 11.9 Å². The van der Waals surface area contributed by atoms with Crippen molar-refractivity contribution in [2.45, 2.75) is 36.6 Å². The van der Waals surface area contributed by atoms with Gasteiger partial charge in [-0.2, -0.15) is 0 Å². The van der Waals surface area contributed by atoms with Gasteiger partial charge in [0.25, 0.3) is 5.91 Å². The van der Waals surface area contributed by atoms with Crippen molar-refractivity contribution in [1.82, 2.24) is 4.72 Å². The molecule has 0 atom stereocenters. The molecular weight excluding hydrogens is 442 g/mol. The number of amides is 1. The smallest absolute Gasteiger partial charge is 0.262 e. The maximum atomic E-state index is 13.1. The van der Waals surface area contributed by atoms with Crippen molar-refractivity contribution in [2.24, 2.45) is 0 Å². The Labute approximate surface area is 178 Å². The number of halogens is 3. The molecule has 3 rings (SSSR count). The predicted molar refractivity (Wildman–Crippen MR) is 110 cm³/mol. The largest absolute Gasteiger partial charge is 0.482 e. The fraction of sp³-hybridized carbons (Fsp3) is 0.316. The molecule has 0 heterocycles. The first-order valence-corrected chi connectivity index (χ1v) is 11.2. The van der Waals surface area contributed by atoms with E-state index >= 15 is 0 Å². The molecule has 156 valence electrons. The summed E-state index contributed by atoms with van der Waals surface area (Å²) in [5.41, 5.74) is 0.315. The van der Waals surface area contributed by atoms with Gasteiger partial charge in [-0.05, 0) is 49.2 Å². The van der Waals surface area contributed by atoms with E-state index in [4.69, 9.17) is 27.9 Å². The number of hydrogen-bond acceptors (Lipinski definition) is 4. The van der Waals surface area contributed by atoms with E-state index in [0.29, 0.717) is 5.69 Å². The van der Waals surface area contributed by atoms with E-state index in [9.17, 15) is 17.6 Å². The SMILES string of the molecule is O=C(COc1ccc(S(=O)(=O)NC2CCCC2)cc1Cl)Nc1ccc(F)c(Cl)c1. The average molecular weight is 461 g/mol. The third kappa shape index (κ3) is 5.82. The van der Waals surface area contributed by atoms with Crippen molar-refractivity contribution in [3.8, 4) is 5.75 Å². The van der Waals surface area contributed by atoms with E-state index in [-0.39, 0.29) is 33.3 Å². The Morgan fingerprint density at radius 1 is 1.10 bits per heavy atom. The molecule has 0 saturated heterocycles. The molecule has 2 aromatic rings. The van der Waals surface area contributed by atoms with E-state index in [1.807, 2.05) is 0 Å². The molecule has 0 spiro atoms. The van der Waals surface area contributed by atoms with Crippen LogP contribution in [0.4, 0.5) is 10.1 Å². The summed E-state index contributed by atoms with van der Waals surface area (Å²) in [6.07, 6.45) is 3.66. The Bertz CT molecular complexity index is 1010. The fourth-order valence-corrected chi connectivity index (χ4v) is 4.82. The van der Waals surface area contributed by atoms with Gasteiger partial charge in [0, 0.05) is 11.7 Å². The molecule has 1 saturated carbocycles. The molecule has 2 aromatic carbocycles. The Morgan fingerprint density at radius 3 is 2.48 bits per heavy atom. The monoisotopic (exact) mass is 460 g/mol. The van der Waals surface area contributed by atoms with Crippen LogP contribution in [0.1, 0.15) is 25.7 Å². The normalized spacial score (nSPS) is 14.7. The van der Waals surface area contributed by atoms with Crippen LogP contribution in [-0.4, -0.2) is 27.0 Å². The van der Waals surface area contributed by atoms with Crippen molar-refractivity contribution in [1.29, 1.82) is 0 Å². The van der Waals surface area contributed by atoms with Crippen LogP contribution in [0.15, 0.2) is 41.3 Å². The summed E-state index contributed by atoms with van der Waals surface area (Å²) in [6.45, 7) is -0.374. The van der Waals surface area contributed by atoms with Crippen LogP contribution >= 0.6 is 23.2 Å². The zero-order valence-corrected chi connectivity index (χ0v) is 17.6. The molecule has 1 aliphatic carbocycles. The van der Waals surface area contributed by atoms with E-state index in [0.717, 1.165) is 31.7 Å². The van der Waals surface area contributed by atoms with Crippen LogP contribution in [0.3, 0.4) is 0 Å². The molecule has 10 heteroatoms. The van der Waals surface area contributed by atoms with Crippen molar-refractivity contribution < 1.29 is 22.3 Å². The zero-order valence-electron chi connectivity index (χ0n) is 15.3. The molecule has 1 fully saturated rings. The molecule has 0 radical (unpaired) electrons. The van der Waals surface area contributed by atoms with E-state index in [1.165, 1.54) is 30.3 Å². The minimum Gasteiger partial charge on any atom is -0.482 e. The van der Waals surface area contributed by atoms with Gasteiger partial charge in [0.05, 0.1) is 14.9 Å². The summed E-state index contributed by atoms with van der Waals surface area (Å²) in [5, 5.41) is 2.46. The standard InChI is InChI=1S/C19H19Cl2FN2O4S/c20-15-9-13(5-7-17(15)22)23-19(25)11-28-18-8-6-14(10-16(18)21)29(26,27)24-12-3-1-2-4-12/h5-10,12,24H,1-4,11H2,(H,23,25). The first-order chi connectivity index (χ1) is 13.7. The summed E-state index contributed by atoms with van der Waals surface area (Å²) < 4.78 is 46.1. The van der Waals surface area contributed by atoms with Gasteiger partial charge in [-0.15, -0.1) is 0 Å². The molecule has 0 aromatic heterocycles. The highest BCUT2D eigenvalue weighted by Crippen LogP contribution is 2.28. The quantitative estimate of drug-likeness (QED) is 0.642. The number of benzene rings is 2. The number of carbonyl (C=O) groups excluding carboxylic acids is 1. The van der Waals surface area contributed by atoms with Gasteiger partial charge in [-0.3, -0.25) is 4.79 Å². The first kappa shape index (κ1) is 21.8. The topological polar surface area (TPSA) is 84.5 Å². The third-order valence-corrected chi connectivity index (χ3v) is 6.56. The number of anilines is 1. The molecule has 6 nitrogen and oxygen atoms in total. The highest BCUT2D eigenvalue weighted by molar-refractivity contribution is 7.89. The summed E-state index contributed by atoms with van der Waals surface area (Å²) in [7, 11) is -3.67. The molecule has 0 aliphatic heterocycles. The van der Waals surface area contributed by atoms with E-state index in [1.54, 1.807) is 0 Å². The van der Waals surface area contributed by atoms with Crippen LogP contribution in [0.2, 0.25) is 10.0 Å². The van der Waals surface area contributed by atoms with E-state index < -0.39 is 21.7 Å². The molecule has 29 heavy (non-hydrogen) atoms. The van der Waals surface area contributed by atoms with Crippen LogP contribution in [-0.2, 0) is 14.8 Å². The van der Waals surface area contributed by atoms with Gasteiger partial charge in [0.15, 0.2) is 6.61 Å².